The van der Waals surface area contributed by atoms with Crippen molar-refractivity contribution in [2.75, 3.05) is 18.5 Å². The molecule has 0 spiro atoms. The van der Waals surface area contributed by atoms with E-state index in [1.165, 1.54) is 11.8 Å². The Hall–Kier alpha value is -3.23. The zero-order valence-corrected chi connectivity index (χ0v) is 19.7. The second-order valence-electron chi connectivity index (χ2n) is 7.21. The standard InChI is InChI=1S/C24H22ClN3O4S/c1-3-31-23(30)21-15(2)26-24-28(12-13-33-24)22(21)18-6-4-5-7-19(18)32-14-20(29)27-17-10-8-16(25)9-11-17/h4-13,22H,3,14H2,1-2H3,(H,27,29)/t22-/m0/s1. The van der Waals surface area contributed by atoms with E-state index in [0.717, 1.165) is 10.7 Å². The Morgan fingerprint density at radius 2 is 1.94 bits per heavy atom. The minimum atomic E-state index is -0.488. The number of anilines is 1. The van der Waals surface area contributed by atoms with Gasteiger partial charge in [-0.3, -0.25) is 4.79 Å². The van der Waals surface area contributed by atoms with Crippen LogP contribution in [0.4, 0.5) is 5.69 Å². The molecule has 9 heteroatoms. The first kappa shape index (κ1) is 22.9. The summed E-state index contributed by atoms with van der Waals surface area (Å²) < 4.78 is 11.2. The number of allylic oxidation sites excluding steroid dienone is 1. The van der Waals surface area contributed by atoms with Crippen molar-refractivity contribution in [3.8, 4) is 5.75 Å². The molecule has 7 nitrogen and oxygen atoms in total. The lowest BCUT2D eigenvalue weighted by Crippen LogP contribution is -2.34. The van der Waals surface area contributed by atoms with Crippen molar-refractivity contribution < 1.29 is 19.1 Å². The number of esters is 1. The largest absolute Gasteiger partial charge is 0.483 e. The van der Waals surface area contributed by atoms with Crippen LogP contribution in [0.3, 0.4) is 0 Å². The maximum Gasteiger partial charge on any atom is 0.338 e. The molecule has 0 bridgehead atoms. The van der Waals surface area contributed by atoms with Crippen molar-refractivity contribution in [3.63, 3.8) is 0 Å². The van der Waals surface area contributed by atoms with E-state index < -0.39 is 12.0 Å². The van der Waals surface area contributed by atoms with E-state index >= 15 is 0 Å². The number of benzene rings is 2. The van der Waals surface area contributed by atoms with Gasteiger partial charge in [-0.15, -0.1) is 0 Å². The van der Waals surface area contributed by atoms with Crippen LogP contribution < -0.4 is 10.1 Å². The smallest absolute Gasteiger partial charge is 0.338 e. The zero-order chi connectivity index (χ0) is 23.4. The predicted octanol–water partition coefficient (Wildman–Crippen LogP) is 5.13. The third-order valence-corrected chi connectivity index (χ3v) is 6.04. The molecule has 0 saturated carbocycles. The van der Waals surface area contributed by atoms with Crippen LogP contribution >= 0.6 is 23.4 Å². The SMILES string of the molecule is CCOC(=O)C1=C(C)N=C2SC=CN2[C@H]1c1ccccc1OCC(=O)Nc1ccc(Cl)cc1. The van der Waals surface area contributed by atoms with Crippen molar-refractivity contribution in [3.05, 3.63) is 82.0 Å². The molecule has 0 saturated heterocycles. The monoisotopic (exact) mass is 483 g/mol. The van der Waals surface area contributed by atoms with Crippen LogP contribution in [0.5, 0.6) is 5.75 Å². The van der Waals surface area contributed by atoms with Crippen LogP contribution in [0.25, 0.3) is 0 Å². The summed E-state index contributed by atoms with van der Waals surface area (Å²) in [4.78, 5) is 31.8. The molecule has 2 aromatic carbocycles. The fraction of sp³-hybridized carbons (Fsp3) is 0.208. The highest BCUT2D eigenvalue weighted by atomic mass is 35.5. The Bertz CT molecular complexity index is 1160. The lowest BCUT2D eigenvalue weighted by atomic mass is 9.94. The highest BCUT2D eigenvalue weighted by Gasteiger charge is 2.38. The topological polar surface area (TPSA) is 80.2 Å². The second kappa shape index (κ2) is 10.1. The number of ether oxygens (including phenoxy) is 2. The van der Waals surface area contributed by atoms with E-state index in [1.54, 1.807) is 44.2 Å². The minimum absolute atomic E-state index is 0.199. The van der Waals surface area contributed by atoms with Crippen LogP contribution in [0, 0.1) is 0 Å². The van der Waals surface area contributed by atoms with E-state index in [9.17, 15) is 9.59 Å². The Morgan fingerprint density at radius 1 is 1.18 bits per heavy atom. The van der Waals surface area contributed by atoms with Gasteiger partial charge in [0.05, 0.1) is 23.9 Å². The maximum absolute atomic E-state index is 12.9. The van der Waals surface area contributed by atoms with Crippen molar-refractivity contribution in [2.24, 2.45) is 4.99 Å². The highest BCUT2D eigenvalue weighted by molar-refractivity contribution is 8.16. The van der Waals surface area contributed by atoms with Gasteiger partial charge in [0.15, 0.2) is 11.8 Å². The summed E-state index contributed by atoms with van der Waals surface area (Å²) in [5.74, 6) is -0.245. The van der Waals surface area contributed by atoms with Crippen molar-refractivity contribution >= 4 is 46.1 Å². The summed E-state index contributed by atoms with van der Waals surface area (Å²) in [6, 6.07) is 13.7. The number of hydrogen-bond acceptors (Lipinski definition) is 7. The van der Waals surface area contributed by atoms with Gasteiger partial charge >= 0.3 is 5.97 Å². The number of nitrogens with one attached hydrogen (secondary N) is 1. The van der Waals surface area contributed by atoms with Crippen molar-refractivity contribution in [2.45, 2.75) is 19.9 Å². The van der Waals surface area contributed by atoms with Crippen LogP contribution in [-0.4, -0.2) is 35.2 Å². The van der Waals surface area contributed by atoms with Gasteiger partial charge in [-0.05, 0) is 49.6 Å². The van der Waals surface area contributed by atoms with Gasteiger partial charge in [0.25, 0.3) is 5.91 Å². The van der Waals surface area contributed by atoms with Gasteiger partial charge in [-0.1, -0.05) is 41.6 Å². The summed E-state index contributed by atoms with van der Waals surface area (Å²) in [6.07, 6.45) is 1.88. The Balaban J connectivity index is 1.59. The molecule has 1 N–H and O–H groups in total. The molecular weight excluding hydrogens is 462 g/mol. The summed E-state index contributed by atoms with van der Waals surface area (Å²) >= 11 is 7.37. The normalized spacial score (nSPS) is 16.9. The summed E-state index contributed by atoms with van der Waals surface area (Å²) in [5.41, 5.74) is 2.39. The molecule has 1 atom stereocenters. The van der Waals surface area contributed by atoms with Gasteiger partial charge in [-0.25, -0.2) is 9.79 Å². The maximum atomic E-state index is 12.9. The molecule has 1 amide bonds. The average Bonchev–Trinajstić information content (AvgIpc) is 3.27. The molecule has 170 valence electrons. The van der Waals surface area contributed by atoms with E-state index in [2.05, 4.69) is 10.3 Å². The fourth-order valence-corrected chi connectivity index (χ4v) is 4.51. The van der Waals surface area contributed by atoms with Crippen LogP contribution in [0.1, 0.15) is 25.5 Å². The number of carbonyl (C=O) groups excluding carboxylic acids is 2. The van der Waals surface area contributed by atoms with Crippen LogP contribution in [0.15, 0.2) is 76.4 Å². The van der Waals surface area contributed by atoms with E-state index in [1.807, 2.05) is 34.7 Å². The first-order valence-electron chi connectivity index (χ1n) is 10.3. The number of rotatable bonds is 7. The van der Waals surface area contributed by atoms with Gasteiger partial charge in [0, 0.05) is 22.5 Å². The van der Waals surface area contributed by atoms with Crippen molar-refractivity contribution in [1.82, 2.24) is 4.90 Å². The van der Waals surface area contributed by atoms with Gasteiger partial charge in [0.1, 0.15) is 5.75 Å². The molecule has 2 aromatic rings. The molecule has 2 aliphatic rings. The number of amidine groups is 1. The summed E-state index contributed by atoms with van der Waals surface area (Å²) in [5, 5.41) is 6.04. The number of hydrogen-bond donors (Lipinski definition) is 1. The molecule has 2 aliphatic heterocycles. The fourth-order valence-electron chi connectivity index (χ4n) is 3.59. The lowest BCUT2D eigenvalue weighted by molar-refractivity contribution is -0.139. The molecule has 0 fully saturated rings. The lowest BCUT2D eigenvalue weighted by Gasteiger charge is -2.34. The van der Waals surface area contributed by atoms with E-state index in [4.69, 9.17) is 21.1 Å². The number of nitrogens with zero attached hydrogens (tertiary/aromatic N) is 2. The van der Waals surface area contributed by atoms with Crippen LogP contribution in [0.2, 0.25) is 5.02 Å². The first-order chi connectivity index (χ1) is 16.0. The number of para-hydroxylation sites is 1. The molecule has 4 rings (SSSR count). The molecular formula is C24H22ClN3O4S. The average molecular weight is 484 g/mol. The Labute approximate surface area is 201 Å². The summed E-state index contributed by atoms with van der Waals surface area (Å²) in [7, 11) is 0. The second-order valence-corrected chi connectivity index (χ2v) is 8.52. The highest BCUT2D eigenvalue weighted by Crippen LogP contribution is 2.43. The van der Waals surface area contributed by atoms with Gasteiger partial charge in [-0.2, -0.15) is 0 Å². The number of amides is 1. The van der Waals surface area contributed by atoms with Crippen LogP contribution in [-0.2, 0) is 14.3 Å². The number of thioether (sulfide) groups is 1. The first-order valence-corrected chi connectivity index (χ1v) is 11.6. The third kappa shape index (κ3) is 5.07. The molecule has 0 unspecified atom stereocenters. The number of fused-ring (bicyclic) bond motifs is 1. The van der Waals surface area contributed by atoms with Gasteiger partial charge in [0.2, 0.25) is 0 Å². The number of aliphatic imine (C=N–C) groups is 1. The minimum Gasteiger partial charge on any atom is -0.483 e. The van der Waals surface area contributed by atoms with E-state index in [-0.39, 0.29) is 19.1 Å². The molecule has 0 aliphatic carbocycles. The molecule has 2 heterocycles. The van der Waals surface area contributed by atoms with Gasteiger partial charge < -0.3 is 19.7 Å². The van der Waals surface area contributed by atoms with Crippen molar-refractivity contribution in [1.29, 1.82) is 0 Å². The third-order valence-electron chi connectivity index (χ3n) is 5.02. The summed E-state index contributed by atoms with van der Waals surface area (Å²) in [6.45, 7) is 3.62. The predicted molar refractivity (Wildman–Crippen MR) is 130 cm³/mol. The molecule has 0 aromatic heterocycles. The Morgan fingerprint density at radius 3 is 2.70 bits per heavy atom. The quantitative estimate of drug-likeness (QED) is 0.550. The number of carbonyl (C=O) groups is 2. The van der Waals surface area contributed by atoms with E-state index in [0.29, 0.717) is 27.7 Å². The zero-order valence-electron chi connectivity index (χ0n) is 18.1. The number of halogens is 1. The molecule has 0 radical (unpaired) electrons. The molecule has 33 heavy (non-hydrogen) atoms. The Kier molecular flexibility index (Phi) is 7.05.